The summed E-state index contributed by atoms with van der Waals surface area (Å²) in [5, 5.41) is 2.62. The van der Waals surface area contributed by atoms with Gasteiger partial charge in [0, 0.05) is 18.2 Å². The minimum Gasteiger partial charge on any atom is -0.365 e. The summed E-state index contributed by atoms with van der Waals surface area (Å²) in [6.45, 7) is 0.768. The van der Waals surface area contributed by atoms with Gasteiger partial charge in [0.25, 0.3) is 5.91 Å². The number of nitrogens with zero attached hydrogens (tertiary/aromatic N) is 2. The number of hydrogen-bond acceptors (Lipinski definition) is 3. The highest BCUT2D eigenvalue weighted by Gasteiger charge is 2.26. The molecule has 0 saturated carbocycles. The number of halogens is 2. The van der Waals surface area contributed by atoms with Gasteiger partial charge < -0.3 is 14.6 Å². The fourth-order valence-electron chi connectivity index (χ4n) is 3.11. The van der Waals surface area contributed by atoms with Crippen LogP contribution in [0.2, 0.25) is 0 Å². The predicted molar refractivity (Wildman–Crippen MR) is 93.7 cm³/mol. The van der Waals surface area contributed by atoms with Gasteiger partial charge in [-0.05, 0) is 11.6 Å². The largest absolute Gasteiger partial charge is 0.365 e. The second-order valence-corrected chi connectivity index (χ2v) is 6.32. The second kappa shape index (κ2) is 7.28. The van der Waals surface area contributed by atoms with Crippen molar-refractivity contribution in [2.45, 2.75) is 25.8 Å². The number of hydrogen-bond donors (Lipinski definition) is 1. The Balaban J connectivity index is 1.45. The van der Waals surface area contributed by atoms with E-state index in [9.17, 15) is 13.6 Å². The van der Waals surface area contributed by atoms with Crippen molar-refractivity contribution in [2.75, 3.05) is 0 Å². The van der Waals surface area contributed by atoms with Crippen molar-refractivity contribution in [3.8, 4) is 0 Å². The lowest BCUT2D eigenvalue weighted by Gasteiger charge is -2.25. The smallest absolute Gasteiger partial charge is 0.272 e. The Kier molecular flexibility index (Phi) is 4.68. The van der Waals surface area contributed by atoms with Gasteiger partial charge in [-0.1, -0.05) is 36.4 Å². The molecule has 0 spiro atoms. The van der Waals surface area contributed by atoms with Crippen molar-refractivity contribution in [1.82, 2.24) is 14.9 Å². The first-order chi connectivity index (χ1) is 13.1. The van der Waals surface area contributed by atoms with E-state index in [4.69, 9.17) is 4.74 Å². The van der Waals surface area contributed by atoms with Crippen LogP contribution in [0, 0.1) is 11.6 Å². The number of amides is 1. The molecule has 0 aliphatic carbocycles. The molecule has 0 saturated heterocycles. The topological polar surface area (TPSA) is 56.2 Å². The Morgan fingerprint density at radius 3 is 2.81 bits per heavy atom. The monoisotopic (exact) mass is 369 g/mol. The van der Waals surface area contributed by atoms with Crippen molar-refractivity contribution in [3.05, 3.63) is 89.0 Å². The van der Waals surface area contributed by atoms with Crippen LogP contribution in [0.1, 0.15) is 33.4 Å². The minimum atomic E-state index is -0.698. The Bertz CT molecular complexity index is 973. The number of imidazole rings is 1. The molecule has 4 rings (SSSR count). The number of fused-ring (bicyclic) bond motifs is 1. The number of benzene rings is 2. The number of nitrogens with one attached hydrogen (secondary N) is 1. The third-order valence-corrected chi connectivity index (χ3v) is 4.57. The van der Waals surface area contributed by atoms with Gasteiger partial charge in [0.1, 0.15) is 17.7 Å². The molecule has 0 radical (unpaired) electrons. The van der Waals surface area contributed by atoms with Crippen LogP contribution < -0.4 is 5.32 Å². The summed E-state index contributed by atoms with van der Waals surface area (Å²) in [6.07, 6.45) is 1.51. The molecule has 138 valence electrons. The van der Waals surface area contributed by atoms with Crippen molar-refractivity contribution in [3.63, 3.8) is 0 Å². The van der Waals surface area contributed by atoms with Crippen molar-refractivity contribution < 1.29 is 18.3 Å². The number of rotatable bonds is 4. The molecule has 0 bridgehead atoms. The summed E-state index contributed by atoms with van der Waals surface area (Å²) in [6, 6.07) is 13.1. The molecule has 2 aromatic carbocycles. The third kappa shape index (κ3) is 3.59. The molecule has 1 N–H and O–H groups in total. The van der Waals surface area contributed by atoms with Crippen molar-refractivity contribution in [2.24, 2.45) is 0 Å². The fourth-order valence-corrected chi connectivity index (χ4v) is 3.11. The molecule has 0 fully saturated rings. The number of ether oxygens (including phenoxy) is 1. The molecule has 1 amide bonds. The van der Waals surface area contributed by atoms with Crippen LogP contribution in [0.5, 0.6) is 0 Å². The summed E-state index contributed by atoms with van der Waals surface area (Å²) >= 11 is 0. The van der Waals surface area contributed by atoms with E-state index in [1.807, 2.05) is 34.9 Å². The molecule has 7 heteroatoms. The van der Waals surface area contributed by atoms with Crippen LogP contribution in [0.4, 0.5) is 8.78 Å². The van der Waals surface area contributed by atoms with Crippen LogP contribution in [0.3, 0.4) is 0 Å². The van der Waals surface area contributed by atoms with Crippen LogP contribution in [0.25, 0.3) is 0 Å². The van der Waals surface area contributed by atoms with Crippen LogP contribution in [-0.2, 0) is 24.4 Å². The maximum atomic E-state index is 13.7. The molecule has 1 atom stereocenters. The standard InChI is InChI=1S/C20H17F2N3O2/c21-15-7-6-14(16(22)8-15)9-23-20(26)19-17-11-27-18(10-25(17)12-24-19)13-4-2-1-3-5-13/h1-8,12,18H,9-11H2,(H,23,26)/t18-/m0/s1. The molecule has 3 aromatic rings. The number of aromatic nitrogens is 2. The van der Waals surface area contributed by atoms with Crippen LogP contribution in [0.15, 0.2) is 54.9 Å². The summed E-state index contributed by atoms with van der Waals surface area (Å²) in [4.78, 5) is 16.6. The van der Waals surface area contributed by atoms with Gasteiger partial charge in [-0.2, -0.15) is 0 Å². The maximum absolute atomic E-state index is 13.7. The highest BCUT2D eigenvalue weighted by molar-refractivity contribution is 5.93. The zero-order chi connectivity index (χ0) is 18.8. The second-order valence-electron chi connectivity index (χ2n) is 6.32. The van der Waals surface area contributed by atoms with E-state index in [2.05, 4.69) is 10.3 Å². The molecule has 0 unspecified atom stereocenters. The Hall–Kier alpha value is -3.06. The van der Waals surface area contributed by atoms with E-state index in [-0.39, 0.29) is 30.5 Å². The Morgan fingerprint density at radius 2 is 2.04 bits per heavy atom. The van der Waals surface area contributed by atoms with E-state index >= 15 is 0 Å². The average Bonchev–Trinajstić information content (AvgIpc) is 3.11. The first-order valence-corrected chi connectivity index (χ1v) is 8.54. The average molecular weight is 369 g/mol. The lowest BCUT2D eigenvalue weighted by molar-refractivity contribution is 0.00257. The highest BCUT2D eigenvalue weighted by Crippen LogP contribution is 2.27. The molecule has 5 nitrogen and oxygen atoms in total. The van der Waals surface area contributed by atoms with Gasteiger partial charge in [0.15, 0.2) is 5.69 Å². The van der Waals surface area contributed by atoms with E-state index in [1.165, 1.54) is 6.07 Å². The summed E-state index contributed by atoms with van der Waals surface area (Å²) in [5.41, 5.74) is 2.20. The quantitative estimate of drug-likeness (QED) is 0.767. The van der Waals surface area contributed by atoms with Gasteiger partial charge in [0.05, 0.1) is 25.2 Å². The zero-order valence-electron chi connectivity index (χ0n) is 14.4. The molecule has 1 aromatic heterocycles. The Labute approximate surface area is 154 Å². The number of carbonyl (C=O) groups is 1. The number of carbonyl (C=O) groups excluding carboxylic acids is 1. The maximum Gasteiger partial charge on any atom is 0.272 e. The molecule has 2 heterocycles. The van der Waals surface area contributed by atoms with E-state index in [1.54, 1.807) is 6.33 Å². The fraction of sp³-hybridized carbons (Fsp3) is 0.200. The predicted octanol–water partition coefficient (Wildman–Crippen LogP) is 3.36. The van der Waals surface area contributed by atoms with Gasteiger partial charge in [-0.15, -0.1) is 0 Å². The minimum absolute atomic E-state index is 0.0508. The normalized spacial score (nSPS) is 16.0. The van der Waals surface area contributed by atoms with Gasteiger partial charge in [-0.3, -0.25) is 4.79 Å². The van der Waals surface area contributed by atoms with Gasteiger partial charge in [0.2, 0.25) is 0 Å². The first-order valence-electron chi connectivity index (χ1n) is 8.54. The third-order valence-electron chi connectivity index (χ3n) is 4.57. The van der Waals surface area contributed by atoms with Crippen LogP contribution >= 0.6 is 0 Å². The first kappa shape index (κ1) is 17.4. The lowest BCUT2D eigenvalue weighted by Crippen LogP contribution is -2.27. The van der Waals surface area contributed by atoms with Crippen molar-refractivity contribution in [1.29, 1.82) is 0 Å². The van der Waals surface area contributed by atoms with Gasteiger partial charge in [-0.25, -0.2) is 13.8 Å². The molecule has 1 aliphatic heterocycles. The zero-order valence-corrected chi connectivity index (χ0v) is 14.4. The van der Waals surface area contributed by atoms with Gasteiger partial charge >= 0.3 is 0 Å². The molecular formula is C20H17F2N3O2. The SMILES string of the molecule is O=C(NCc1ccc(F)cc1F)c1ncn2c1CO[C@H](c1ccccc1)C2. The van der Waals surface area contributed by atoms with E-state index in [0.717, 1.165) is 17.7 Å². The highest BCUT2D eigenvalue weighted by atomic mass is 19.1. The van der Waals surface area contributed by atoms with Crippen LogP contribution in [-0.4, -0.2) is 15.5 Å². The van der Waals surface area contributed by atoms with E-state index in [0.29, 0.717) is 12.2 Å². The summed E-state index contributed by atoms with van der Waals surface area (Å²) < 4.78 is 34.4. The molecule has 1 aliphatic rings. The molecule has 27 heavy (non-hydrogen) atoms. The lowest BCUT2D eigenvalue weighted by atomic mass is 10.1. The molecular weight excluding hydrogens is 352 g/mol. The summed E-state index contributed by atoms with van der Waals surface area (Å²) in [5.74, 6) is -1.78. The Morgan fingerprint density at radius 1 is 1.22 bits per heavy atom. The van der Waals surface area contributed by atoms with Crippen molar-refractivity contribution >= 4 is 5.91 Å². The van der Waals surface area contributed by atoms with E-state index < -0.39 is 17.5 Å². The summed E-state index contributed by atoms with van der Waals surface area (Å²) in [7, 11) is 0.